The maximum absolute atomic E-state index is 8.74. The molecule has 0 amide bonds. The average Bonchev–Trinajstić information content (AvgIpc) is 0.722. The van der Waals surface area contributed by atoms with E-state index in [2.05, 4.69) is 0 Å². The molecule has 0 bridgehead atoms. The summed E-state index contributed by atoms with van der Waals surface area (Å²) in [7, 11) is -4.67. The molecule has 0 aliphatic heterocycles. The summed E-state index contributed by atoms with van der Waals surface area (Å²) in [6.07, 6.45) is 0. The number of rotatable bonds is 0. The maximum atomic E-state index is 8.74. The van der Waals surface area contributed by atoms with E-state index in [1.54, 1.807) is 0 Å². The molecule has 0 aliphatic carbocycles. The van der Waals surface area contributed by atoms with Crippen LogP contribution in [0.25, 0.3) is 0 Å². The van der Waals surface area contributed by atoms with Gasteiger partial charge in [0.1, 0.15) is 0 Å². The quantitative estimate of drug-likeness (QED) is 0.344. The molecule has 0 spiro atoms. The van der Waals surface area contributed by atoms with Crippen molar-refractivity contribution in [1.29, 1.82) is 0 Å². The van der Waals surface area contributed by atoms with Crippen LogP contribution in [-0.4, -0.2) is 168 Å². The first-order valence-electron chi connectivity index (χ1n) is 0.698. The van der Waals surface area contributed by atoms with Crippen molar-refractivity contribution in [1.82, 2.24) is 0 Å². The van der Waals surface area contributed by atoms with Crippen molar-refractivity contribution in [3.05, 3.63) is 0 Å². The van der Waals surface area contributed by atoms with Crippen LogP contribution in [0.5, 0.6) is 0 Å². The van der Waals surface area contributed by atoms with Crippen LogP contribution in [0.15, 0.2) is 0 Å². The standard InChI is InChI=1S/4Ca.H2O4S.8H/c;;;;1-5(2,3)4;;;;;;;;/h;;;;(H2,1,2,3,4);;;;;;;;. The number of hydrogen-bond acceptors (Lipinski definition) is 2. The fraction of sp³-hybridized carbons (Fsp3) is 0. The summed E-state index contributed by atoms with van der Waals surface area (Å²) in [5.41, 5.74) is 0. The van der Waals surface area contributed by atoms with Gasteiger partial charge in [0.25, 0.3) is 0 Å². The van der Waals surface area contributed by atoms with E-state index in [0.717, 1.165) is 0 Å². The molecule has 9 heteroatoms. The molecule has 0 radical (unpaired) electrons. The molecule has 9 heavy (non-hydrogen) atoms. The van der Waals surface area contributed by atoms with E-state index in [1.165, 1.54) is 0 Å². The van der Waals surface area contributed by atoms with Gasteiger partial charge in [-0.3, -0.25) is 9.11 Å². The molecule has 0 aliphatic rings. The van der Waals surface area contributed by atoms with Gasteiger partial charge in [0.15, 0.2) is 0 Å². The summed E-state index contributed by atoms with van der Waals surface area (Å²) in [6, 6.07) is 0. The van der Waals surface area contributed by atoms with Crippen molar-refractivity contribution in [2.24, 2.45) is 0 Å². The Morgan fingerprint density at radius 2 is 0.778 bits per heavy atom. The molecule has 0 rings (SSSR count). The second kappa shape index (κ2) is 15.4. The van der Waals surface area contributed by atoms with E-state index in [-0.39, 0.29) is 151 Å². The Morgan fingerprint density at radius 3 is 0.778 bits per heavy atom. The normalized spacial score (nSPS) is 6.44. The summed E-state index contributed by atoms with van der Waals surface area (Å²) in [5.74, 6) is 0. The molecule has 2 N–H and O–H groups in total. The predicted octanol–water partition coefficient (Wildman–Crippen LogP) is -4.32. The van der Waals surface area contributed by atoms with Crippen LogP contribution in [0.1, 0.15) is 0 Å². The Kier molecular flexibility index (Phi) is 49.9. The zero-order valence-corrected chi connectivity index (χ0v) is 2.94. The van der Waals surface area contributed by atoms with Crippen LogP contribution in [0.3, 0.4) is 0 Å². The molecule has 0 aromatic heterocycles. The molecule has 4 nitrogen and oxygen atoms in total. The first kappa shape index (κ1) is 29.2. The van der Waals surface area contributed by atoms with Crippen molar-refractivity contribution < 1.29 is 17.5 Å². The Morgan fingerprint density at radius 1 is 0.778 bits per heavy atom. The molecule has 0 saturated carbocycles. The van der Waals surface area contributed by atoms with Gasteiger partial charge >= 0.3 is 161 Å². The van der Waals surface area contributed by atoms with Crippen LogP contribution in [0.4, 0.5) is 0 Å². The predicted molar refractivity (Wildman–Crippen MR) is 48.4 cm³/mol. The molecule has 48 valence electrons. The third kappa shape index (κ3) is 63.7. The van der Waals surface area contributed by atoms with E-state index in [9.17, 15) is 0 Å². The third-order valence-corrected chi connectivity index (χ3v) is 0. The van der Waals surface area contributed by atoms with Gasteiger partial charge in [-0.25, -0.2) is 0 Å². The van der Waals surface area contributed by atoms with Gasteiger partial charge in [-0.1, -0.05) is 0 Å². The molecule has 0 fully saturated rings. The molecule has 0 unspecified atom stereocenters. The number of hydrogen-bond donors (Lipinski definition) is 2. The van der Waals surface area contributed by atoms with E-state index >= 15 is 0 Å². The minimum atomic E-state index is -4.67. The summed E-state index contributed by atoms with van der Waals surface area (Å²) in [6.45, 7) is 0. The van der Waals surface area contributed by atoms with Crippen molar-refractivity contribution in [3.8, 4) is 0 Å². The second-order valence-corrected chi connectivity index (χ2v) is 1.34. The van der Waals surface area contributed by atoms with E-state index in [1.807, 2.05) is 0 Å². The van der Waals surface area contributed by atoms with Crippen LogP contribution < -0.4 is 0 Å². The zero-order valence-electron chi connectivity index (χ0n) is 2.12. The Bertz CT molecular complexity index is 95.7. The van der Waals surface area contributed by atoms with Gasteiger partial charge in [0.05, 0.1) is 0 Å². The van der Waals surface area contributed by atoms with Crippen LogP contribution in [-0.2, 0) is 10.4 Å². The van der Waals surface area contributed by atoms with Crippen LogP contribution in [0.2, 0.25) is 0 Å². The van der Waals surface area contributed by atoms with Gasteiger partial charge in [0.2, 0.25) is 0 Å². The SMILES string of the molecule is O=S(=O)(O)O.[CaH2].[CaH2].[CaH2].[CaH2]. The molecule has 0 heterocycles. The molecule has 0 aromatic rings. The van der Waals surface area contributed by atoms with Crippen LogP contribution in [0, 0.1) is 0 Å². The van der Waals surface area contributed by atoms with Crippen LogP contribution >= 0.6 is 0 Å². The summed E-state index contributed by atoms with van der Waals surface area (Å²) < 4.78 is 31.6. The van der Waals surface area contributed by atoms with Crippen molar-refractivity contribution in [3.63, 3.8) is 0 Å². The monoisotopic (exact) mass is 266 g/mol. The van der Waals surface area contributed by atoms with E-state index in [4.69, 9.17) is 17.5 Å². The fourth-order valence-corrected chi connectivity index (χ4v) is 0. The van der Waals surface area contributed by atoms with Gasteiger partial charge in [0, 0.05) is 0 Å². The topological polar surface area (TPSA) is 74.6 Å². The average molecular weight is 266 g/mol. The Labute approximate surface area is 173 Å². The van der Waals surface area contributed by atoms with E-state index in [0.29, 0.717) is 0 Å². The van der Waals surface area contributed by atoms with Gasteiger partial charge in [-0.2, -0.15) is 8.42 Å². The van der Waals surface area contributed by atoms with Crippen molar-refractivity contribution >= 4 is 161 Å². The molecule has 0 saturated heterocycles. The van der Waals surface area contributed by atoms with Gasteiger partial charge in [-0.05, 0) is 0 Å². The van der Waals surface area contributed by atoms with Crippen molar-refractivity contribution in [2.75, 3.05) is 0 Å². The Balaban J connectivity index is -0.0000000133. The minimum absolute atomic E-state index is 0. The molecular formula is H10Ca4O4S. The fourth-order valence-electron chi connectivity index (χ4n) is 0. The summed E-state index contributed by atoms with van der Waals surface area (Å²) in [4.78, 5) is 0. The van der Waals surface area contributed by atoms with Gasteiger partial charge < -0.3 is 0 Å². The van der Waals surface area contributed by atoms with E-state index < -0.39 is 10.4 Å². The van der Waals surface area contributed by atoms with Gasteiger partial charge in [-0.15, -0.1) is 0 Å². The first-order chi connectivity index (χ1) is 2.00. The molecule has 0 aromatic carbocycles. The third-order valence-electron chi connectivity index (χ3n) is 0. The van der Waals surface area contributed by atoms with Crippen molar-refractivity contribution in [2.45, 2.75) is 0 Å². The summed E-state index contributed by atoms with van der Waals surface area (Å²) in [5, 5.41) is 0. The summed E-state index contributed by atoms with van der Waals surface area (Å²) >= 11 is 0. The molecule has 0 atom stereocenters. The Hall–Kier alpha value is 4.91. The second-order valence-electron chi connectivity index (χ2n) is 0.448. The first-order valence-corrected chi connectivity index (χ1v) is 2.10. The molecular weight excluding hydrogens is 256 g/mol. The zero-order chi connectivity index (χ0) is 4.50.